The van der Waals surface area contributed by atoms with E-state index < -0.39 is 20.0 Å². The molecule has 0 aliphatic carbocycles. The molecule has 8 heteroatoms. The fraction of sp³-hybridized carbons (Fsp3) is 0.217. The topological polar surface area (TPSA) is 92.3 Å². The molecule has 0 unspecified atom stereocenters. The van der Waals surface area contributed by atoms with Gasteiger partial charge in [0.15, 0.2) is 0 Å². The molecule has 31 heavy (non-hydrogen) atoms. The minimum atomic E-state index is -3.82. The summed E-state index contributed by atoms with van der Waals surface area (Å²) < 4.78 is 56.6. The molecule has 6 nitrogen and oxygen atoms in total. The van der Waals surface area contributed by atoms with Crippen molar-refractivity contribution in [2.75, 3.05) is 9.44 Å². The Kier molecular flexibility index (Phi) is 6.16. The van der Waals surface area contributed by atoms with E-state index in [1.807, 2.05) is 51.1 Å². The third kappa shape index (κ3) is 4.91. The summed E-state index contributed by atoms with van der Waals surface area (Å²) >= 11 is 0. The van der Waals surface area contributed by atoms with Crippen molar-refractivity contribution >= 4 is 31.4 Å². The standard InChI is InChI=1S/C23H26N2O4S2/c1-15-13-18(4)23(19(5)14-15)31(28,29)24-20-9-11-21(12-10-20)30(26,27)25-22-16(2)7-6-8-17(22)3/h6-14,24-25H,1-5H3. The monoisotopic (exact) mass is 458 g/mol. The lowest BCUT2D eigenvalue weighted by Crippen LogP contribution is -2.17. The van der Waals surface area contributed by atoms with Gasteiger partial charge in [0.05, 0.1) is 15.5 Å². The van der Waals surface area contributed by atoms with Crippen LogP contribution in [0.2, 0.25) is 0 Å². The summed E-state index contributed by atoms with van der Waals surface area (Å²) in [6, 6.07) is 14.8. The van der Waals surface area contributed by atoms with Crippen LogP contribution in [0.5, 0.6) is 0 Å². The van der Waals surface area contributed by atoms with E-state index >= 15 is 0 Å². The maximum absolute atomic E-state index is 12.9. The highest BCUT2D eigenvalue weighted by Gasteiger charge is 2.21. The van der Waals surface area contributed by atoms with E-state index in [1.54, 1.807) is 13.8 Å². The summed E-state index contributed by atoms with van der Waals surface area (Å²) in [6.45, 7) is 9.08. The molecule has 0 aromatic heterocycles. The third-order valence-electron chi connectivity index (χ3n) is 5.01. The first-order valence-electron chi connectivity index (χ1n) is 9.70. The SMILES string of the molecule is Cc1cc(C)c(S(=O)(=O)Nc2ccc(S(=O)(=O)Nc3c(C)cccc3C)cc2)c(C)c1. The Morgan fingerprint density at radius 2 is 1.13 bits per heavy atom. The van der Waals surface area contributed by atoms with Gasteiger partial charge in [0, 0.05) is 5.69 Å². The van der Waals surface area contributed by atoms with Gasteiger partial charge >= 0.3 is 0 Å². The number of hydrogen-bond donors (Lipinski definition) is 2. The molecule has 0 radical (unpaired) electrons. The molecule has 0 aliphatic rings. The zero-order chi connectivity index (χ0) is 23.0. The van der Waals surface area contributed by atoms with Crippen LogP contribution in [0.25, 0.3) is 0 Å². The predicted octanol–water partition coefficient (Wildman–Crippen LogP) is 4.83. The predicted molar refractivity (Wildman–Crippen MR) is 125 cm³/mol. The minimum Gasteiger partial charge on any atom is -0.280 e. The maximum atomic E-state index is 12.9. The van der Waals surface area contributed by atoms with Crippen LogP contribution in [0, 0.1) is 34.6 Å². The van der Waals surface area contributed by atoms with Crippen molar-refractivity contribution < 1.29 is 16.8 Å². The highest BCUT2D eigenvalue weighted by atomic mass is 32.2. The van der Waals surface area contributed by atoms with Crippen molar-refractivity contribution in [1.29, 1.82) is 0 Å². The van der Waals surface area contributed by atoms with Gasteiger partial charge in [-0.15, -0.1) is 0 Å². The lowest BCUT2D eigenvalue weighted by Gasteiger charge is -2.15. The second-order valence-corrected chi connectivity index (χ2v) is 11.0. The lowest BCUT2D eigenvalue weighted by atomic mass is 10.1. The molecule has 3 aromatic rings. The van der Waals surface area contributed by atoms with Crippen LogP contribution in [0.15, 0.2) is 64.4 Å². The van der Waals surface area contributed by atoms with Gasteiger partial charge in [0.1, 0.15) is 0 Å². The number of nitrogens with one attached hydrogen (secondary N) is 2. The Hall–Kier alpha value is -2.84. The summed E-state index contributed by atoms with van der Waals surface area (Å²) in [5.74, 6) is 0. The van der Waals surface area contributed by atoms with Gasteiger partial charge in [-0.3, -0.25) is 9.44 Å². The van der Waals surface area contributed by atoms with Crippen LogP contribution in [0.4, 0.5) is 11.4 Å². The fourth-order valence-corrected chi connectivity index (χ4v) is 6.38. The molecule has 3 rings (SSSR count). The lowest BCUT2D eigenvalue weighted by molar-refractivity contribution is 0.599. The van der Waals surface area contributed by atoms with E-state index in [0.29, 0.717) is 16.8 Å². The molecular weight excluding hydrogens is 432 g/mol. The van der Waals surface area contributed by atoms with E-state index in [9.17, 15) is 16.8 Å². The van der Waals surface area contributed by atoms with Crippen LogP contribution in [0.1, 0.15) is 27.8 Å². The van der Waals surface area contributed by atoms with Crippen molar-refractivity contribution in [2.45, 2.75) is 44.4 Å². The summed E-state index contributed by atoms with van der Waals surface area (Å²) in [7, 11) is -7.63. The summed E-state index contributed by atoms with van der Waals surface area (Å²) in [4.78, 5) is 0.271. The maximum Gasteiger partial charge on any atom is 0.262 e. The van der Waals surface area contributed by atoms with Crippen molar-refractivity contribution in [3.05, 3.63) is 82.4 Å². The molecule has 0 saturated carbocycles. The number of aryl methyl sites for hydroxylation is 5. The molecule has 2 N–H and O–H groups in total. The first-order valence-corrected chi connectivity index (χ1v) is 12.7. The van der Waals surface area contributed by atoms with Gasteiger partial charge in [-0.2, -0.15) is 0 Å². The molecule has 0 atom stereocenters. The zero-order valence-corrected chi connectivity index (χ0v) is 19.8. The fourth-order valence-electron chi connectivity index (χ4n) is 3.67. The number of sulfonamides is 2. The molecule has 164 valence electrons. The average molecular weight is 459 g/mol. The quantitative estimate of drug-likeness (QED) is 0.553. The van der Waals surface area contributed by atoms with Gasteiger partial charge in [0.25, 0.3) is 20.0 Å². The molecule has 0 spiro atoms. The first-order chi connectivity index (χ1) is 14.4. The zero-order valence-electron chi connectivity index (χ0n) is 18.1. The largest absolute Gasteiger partial charge is 0.280 e. The smallest absolute Gasteiger partial charge is 0.262 e. The molecule has 0 amide bonds. The number of anilines is 2. The Morgan fingerprint density at radius 3 is 1.65 bits per heavy atom. The highest BCUT2D eigenvalue weighted by molar-refractivity contribution is 7.93. The number of benzene rings is 3. The molecular formula is C23H26N2O4S2. The number of para-hydroxylation sites is 1. The van der Waals surface area contributed by atoms with Gasteiger partial charge < -0.3 is 0 Å². The second kappa shape index (κ2) is 8.36. The van der Waals surface area contributed by atoms with E-state index in [4.69, 9.17) is 0 Å². The van der Waals surface area contributed by atoms with Gasteiger partial charge in [-0.25, -0.2) is 16.8 Å². The van der Waals surface area contributed by atoms with Crippen molar-refractivity contribution in [1.82, 2.24) is 0 Å². The number of rotatable bonds is 6. The Balaban J connectivity index is 1.86. The molecule has 0 heterocycles. The van der Waals surface area contributed by atoms with Crippen LogP contribution in [-0.4, -0.2) is 16.8 Å². The van der Waals surface area contributed by atoms with Crippen molar-refractivity contribution in [2.24, 2.45) is 0 Å². The Morgan fingerprint density at radius 1 is 0.613 bits per heavy atom. The summed E-state index contributed by atoms with van der Waals surface area (Å²) in [6.07, 6.45) is 0. The van der Waals surface area contributed by atoms with Crippen LogP contribution in [0.3, 0.4) is 0 Å². The number of hydrogen-bond acceptors (Lipinski definition) is 4. The van der Waals surface area contributed by atoms with Gasteiger partial charge in [0.2, 0.25) is 0 Å². The second-order valence-electron chi connectivity index (χ2n) is 7.73. The Bertz CT molecular complexity index is 1300. The third-order valence-corrected chi connectivity index (χ3v) is 8.06. The molecule has 0 fully saturated rings. The van der Waals surface area contributed by atoms with Crippen LogP contribution < -0.4 is 9.44 Å². The van der Waals surface area contributed by atoms with E-state index in [1.165, 1.54) is 24.3 Å². The average Bonchev–Trinajstić information content (AvgIpc) is 2.64. The first kappa shape index (κ1) is 22.8. The molecule has 0 aliphatic heterocycles. The van der Waals surface area contributed by atoms with Crippen LogP contribution >= 0.6 is 0 Å². The van der Waals surface area contributed by atoms with Crippen molar-refractivity contribution in [3.63, 3.8) is 0 Å². The molecule has 0 bridgehead atoms. The normalized spacial score (nSPS) is 11.9. The summed E-state index contributed by atoms with van der Waals surface area (Å²) in [5.41, 5.74) is 4.75. The molecule has 0 saturated heterocycles. The Labute approximate surface area is 184 Å². The van der Waals surface area contributed by atoms with Crippen molar-refractivity contribution in [3.8, 4) is 0 Å². The molecule has 3 aromatic carbocycles. The van der Waals surface area contributed by atoms with E-state index in [-0.39, 0.29) is 15.5 Å². The van der Waals surface area contributed by atoms with Gasteiger partial charge in [-0.1, -0.05) is 35.9 Å². The minimum absolute atomic E-state index is 0.0424. The summed E-state index contributed by atoms with van der Waals surface area (Å²) in [5, 5.41) is 0. The van der Waals surface area contributed by atoms with E-state index in [2.05, 4.69) is 9.44 Å². The van der Waals surface area contributed by atoms with Gasteiger partial charge in [-0.05, 0) is 81.1 Å². The van der Waals surface area contributed by atoms with Crippen LogP contribution in [-0.2, 0) is 20.0 Å². The highest BCUT2D eigenvalue weighted by Crippen LogP contribution is 2.26. The van der Waals surface area contributed by atoms with E-state index in [0.717, 1.165) is 16.7 Å².